The van der Waals surface area contributed by atoms with Gasteiger partial charge in [0.1, 0.15) is 0 Å². The van der Waals surface area contributed by atoms with Crippen LogP contribution in [0.15, 0.2) is 16.6 Å². The first kappa shape index (κ1) is 17.5. The van der Waals surface area contributed by atoms with Crippen LogP contribution in [-0.2, 0) is 10.1 Å². The lowest BCUT2D eigenvalue weighted by atomic mass is 10.2. The maximum atomic E-state index is 12.4. The molecule has 0 heterocycles. The fraction of sp³-hybridized carbons (Fsp3) is 0.455. The second kappa shape index (κ2) is 5.34. The minimum Gasteiger partial charge on any atom is -0.375 e. The van der Waals surface area contributed by atoms with Gasteiger partial charge in [0.25, 0.3) is 0 Å². The Morgan fingerprint density at radius 2 is 1.70 bits per heavy atom. The van der Waals surface area contributed by atoms with Crippen molar-refractivity contribution in [3.63, 3.8) is 0 Å². The molecule has 114 valence electrons. The number of aryl methyl sites for hydroxylation is 1. The molecule has 0 aliphatic rings. The second-order valence-corrected chi connectivity index (χ2v) is 12.8. The highest BCUT2D eigenvalue weighted by atomic mass is 79.9. The Morgan fingerprint density at radius 3 is 2.10 bits per heavy atom. The quantitative estimate of drug-likeness (QED) is 0.450. The van der Waals surface area contributed by atoms with E-state index >= 15 is 0 Å². The maximum absolute atomic E-state index is 12.4. The van der Waals surface area contributed by atoms with E-state index in [1.807, 2.05) is 19.6 Å². The summed E-state index contributed by atoms with van der Waals surface area (Å²) in [5, 5.41) is 0.511. The van der Waals surface area contributed by atoms with E-state index in [1.54, 1.807) is 13.0 Å². The van der Waals surface area contributed by atoms with Crippen molar-refractivity contribution in [2.24, 2.45) is 0 Å². The number of hydrogen-bond acceptors (Lipinski definition) is 3. The molecule has 1 aromatic rings. The van der Waals surface area contributed by atoms with Crippen LogP contribution in [0.3, 0.4) is 0 Å². The molecule has 0 saturated heterocycles. The molecule has 0 atom stereocenters. The zero-order valence-electron chi connectivity index (χ0n) is 11.3. The van der Waals surface area contributed by atoms with Crippen molar-refractivity contribution in [2.45, 2.75) is 32.1 Å². The fourth-order valence-corrected chi connectivity index (χ4v) is 4.57. The van der Waals surface area contributed by atoms with Crippen molar-refractivity contribution in [3.8, 4) is 5.75 Å². The molecule has 0 unspecified atom stereocenters. The van der Waals surface area contributed by atoms with E-state index in [0.29, 0.717) is 5.19 Å². The predicted molar refractivity (Wildman–Crippen MR) is 77.5 cm³/mol. The molecule has 20 heavy (non-hydrogen) atoms. The molecule has 1 rings (SSSR count). The van der Waals surface area contributed by atoms with E-state index in [4.69, 9.17) is 0 Å². The number of halogens is 4. The SMILES string of the molecule is Cc1cc(Br)c(OS(=O)(=O)C(F)(F)F)c([Si](C)(C)C)c1. The van der Waals surface area contributed by atoms with E-state index in [1.165, 1.54) is 6.07 Å². The summed E-state index contributed by atoms with van der Waals surface area (Å²) in [6, 6.07) is 3.18. The molecule has 0 N–H and O–H groups in total. The van der Waals surface area contributed by atoms with Crippen LogP contribution in [0, 0.1) is 6.92 Å². The second-order valence-electron chi connectivity index (χ2n) is 5.36. The molecule has 9 heteroatoms. The summed E-state index contributed by atoms with van der Waals surface area (Å²) < 4.78 is 64.2. The lowest BCUT2D eigenvalue weighted by Gasteiger charge is -2.22. The van der Waals surface area contributed by atoms with Gasteiger partial charge in [-0.2, -0.15) is 21.6 Å². The van der Waals surface area contributed by atoms with Crippen LogP contribution < -0.4 is 9.37 Å². The van der Waals surface area contributed by atoms with Crippen LogP contribution in [0.2, 0.25) is 19.6 Å². The van der Waals surface area contributed by atoms with Crippen molar-refractivity contribution in [1.82, 2.24) is 0 Å². The third kappa shape index (κ3) is 3.76. The highest BCUT2D eigenvalue weighted by Gasteiger charge is 2.49. The topological polar surface area (TPSA) is 43.4 Å². The van der Waals surface area contributed by atoms with Gasteiger partial charge in [-0.1, -0.05) is 25.7 Å². The van der Waals surface area contributed by atoms with Crippen molar-refractivity contribution in [2.75, 3.05) is 0 Å². The van der Waals surface area contributed by atoms with Crippen LogP contribution in [0.1, 0.15) is 5.56 Å². The third-order valence-corrected chi connectivity index (χ3v) is 6.00. The van der Waals surface area contributed by atoms with Gasteiger partial charge >= 0.3 is 15.6 Å². The summed E-state index contributed by atoms with van der Waals surface area (Å²) in [7, 11) is -7.76. The Hall–Kier alpha value is -0.543. The van der Waals surface area contributed by atoms with Gasteiger partial charge in [-0.25, -0.2) is 0 Å². The minimum atomic E-state index is -5.68. The van der Waals surface area contributed by atoms with E-state index in [0.717, 1.165) is 5.56 Å². The van der Waals surface area contributed by atoms with Gasteiger partial charge in [0.2, 0.25) is 0 Å². The van der Waals surface area contributed by atoms with Crippen LogP contribution in [-0.4, -0.2) is 22.0 Å². The molecule has 0 amide bonds. The van der Waals surface area contributed by atoms with Gasteiger partial charge in [-0.3, -0.25) is 0 Å². The molecular formula is C11H14BrF3O3SSi. The fourth-order valence-electron chi connectivity index (χ4n) is 1.53. The minimum absolute atomic E-state index is 0.197. The monoisotopic (exact) mass is 390 g/mol. The van der Waals surface area contributed by atoms with Crippen LogP contribution in [0.25, 0.3) is 0 Å². The summed E-state index contributed by atoms with van der Waals surface area (Å²) in [5.41, 5.74) is -4.64. The molecule has 0 bridgehead atoms. The summed E-state index contributed by atoms with van der Waals surface area (Å²) >= 11 is 3.08. The Labute approximate surface area is 125 Å². The molecular weight excluding hydrogens is 377 g/mol. The predicted octanol–water partition coefficient (Wildman–Crippen LogP) is 3.53. The Balaban J connectivity index is 3.47. The van der Waals surface area contributed by atoms with Gasteiger partial charge in [-0.15, -0.1) is 0 Å². The highest BCUT2D eigenvalue weighted by molar-refractivity contribution is 9.10. The summed E-state index contributed by atoms with van der Waals surface area (Å²) in [6.07, 6.45) is 0. The summed E-state index contributed by atoms with van der Waals surface area (Å²) in [6.45, 7) is 7.44. The molecule has 0 fully saturated rings. The molecule has 0 aliphatic carbocycles. The third-order valence-electron chi connectivity index (χ3n) is 2.47. The summed E-state index contributed by atoms with van der Waals surface area (Å²) in [4.78, 5) is 0. The normalized spacial score (nSPS) is 13.4. The Kier molecular flexibility index (Phi) is 4.67. The lowest BCUT2D eigenvalue weighted by Crippen LogP contribution is -2.40. The van der Waals surface area contributed by atoms with Gasteiger partial charge in [0, 0.05) is 0 Å². The first-order valence-corrected chi connectivity index (χ1v) is 11.3. The smallest absolute Gasteiger partial charge is 0.375 e. The van der Waals surface area contributed by atoms with E-state index in [2.05, 4.69) is 20.1 Å². The van der Waals surface area contributed by atoms with Crippen LogP contribution in [0.5, 0.6) is 5.75 Å². The molecule has 0 saturated carbocycles. The van der Waals surface area contributed by atoms with Crippen molar-refractivity contribution >= 4 is 39.3 Å². The van der Waals surface area contributed by atoms with Crippen LogP contribution >= 0.6 is 15.9 Å². The average molecular weight is 391 g/mol. The lowest BCUT2D eigenvalue weighted by molar-refractivity contribution is -0.0499. The maximum Gasteiger partial charge on any atom is 0.534 e. The van der Waals surface area contributed by atoms with E-state index < -0.39 is 23.7 Å². The molecule has 3 nitrogen and oxygen atoms in total. The zero-order chi connectivity index (χ0) is 15.9. The molecule has 0 aliphatic heterocycles. The average Bonchev–Trinajstić information content (AvgIpc) is 2.18. The van der Waals surface area contributed by atoms with Crippen LogP contribution in [0.4, 0.5) is 13.2 Å². The van der Waals surface area contributed by atoms with Crippen molar-refractivity contribution in [1.29, 1.82) is 0 Å². The van der Waals surface area contributed by atoms with Gasteiger partial charge in [0.05, 0.1) is 12.5 Å². The summed E-state index contributed by atoms with van der Waals surface area (Å²) in [5.74, 6) is -0.271. The first-order chi connectivity index (χ1) is 8.75. The largest absolute Gasteiger partial charge is 0.534 e. The van der Waals surface area contributed by atoms with Gasteiger partial charge < -0.3 is 4.18 Å². The Morgan fingerprint density at radius 1 is 1.20 bits per heavy atom. The Bertz CT molecular complexity index is 621. The number of hydrogen-bond donors (Lipinski definition) is 0. The van der Waals surface area contributed by atoms with Crippen molar-refractivity contribution in [3.05, 3.63) is 22.2 Å². The van der Waals surface area contributed by atoms with E-state index in [9.17, 15) is 21.6 Å². The first-order valence-electron chi connectivity index (χ1n) is 5.57. The molecule has 0 spiro atoms. The number of benzene rings is 1. The standard InChI is InChI=1S/C11H14BrF3O3SSi/c1-7-5-8(12)10(9(6-7)20(2,3)4)18-19(16,17)11(13,14)15/h5-6H,1-4H3. The van der Waals surface area contributed by atoms with Gasteiger partial charge in [-0.05, 0) is 39.7 Å². The van der Waals surface area contributed by atoms with Crippen molar-refractivity contribution < 1.29 is 25.8 Å². The zero-order valence-corrected chi connectivity index (χ0v) is 14.7. The number of alkyl halides is 3. The van der Waals surface area contributed by atoms with Gasteiger partial charge in [0.15, 0.2) is 5.75 Å². The molecule has 0 radical (unpaired) electrons. The molecule has 1 aromatic carbocycles. The van der Waals surface area contributed by atoms with E-state index in [-0.39, 0.29) is 10.2 Å². The molecule has 0 aromatic heterocycles. The number of rotatable bonds is 3. The highest BCUT2D eigenvalue weighted by Crippen LogP contribution is 2.32.